The Kier molecular flexibility index (Phi) is 5.85. The fourth-order valence-corrected chi connectivity index (χ4v) is 2.60. The minimum absolute atomic E-state index is 0.321. The fourth-order valence-electron chi connectivity index (χ4n) is 2.37. The van der Waals surface area contributed by atoms with E-state index in [4.69, 9.17) is 11.6 Å². The van der Waals surface area contributed by atoms with Crippen LogP contribution in [0.5, 0.6) is 0 Å². The summed E-state index contributed by atoms with van der Waals surface area (Å²) in [5, 5.41) is 6.25. The maximum Gasteiger partial charge on any atom is 0.239 e. The molecule has 2 aromatic carbocycles. The first-order valence-electron chi connectivity index (χ1n) is 8.11. The van der Waals surface area contributed by atoms with E-state index < -0.39 is 5.41 Å². The molecule has 2 rings (SSSR count). The number of anilines is 1. The SMILES string of the molecule is Cc1cccc(CNC(=O)C(C)(C)C(=O)Nc2ccc(Cl)cc2C)c1. The Labute approximate surface area is 153 Å². The van der Waals surface area contributed by atoms with E-state index in [1.54, 1.807) is 32.0 Å². The van der Waals surface area contributed by atoms with Gasteiger partial charge in [-0.15, -0.1) is 0 Å². The van der Waals surface area contributed by atoms with Crippen molar-refractivity contribution in [3.05, 3.63) is 64.2 Å². The summed E-state index contributed by atoms with van der Waals surface area (Å²) in [6.45, 7) is 7.46. The minimum atomic E-state index is -1.20. The van der Waals surface area contributed by atoms with Crippen molar-refractivity contribution in [3.63, 3.8) is 0 Å². The first-order chi connectivity index (χ1) is 11.7. The van der Waals surface area contributed by atoms with Crippen LogP contribution in [0, 0.1) is 19.3 Å². The molecule has 0 aliphatic carbocycles. The molecule has 0 saturated heterocycles. The molecule has 25 heavy (non-hydrogen) atoms. The molecule has 2 aromatic rings. The second-order valence-electron chi connectivity index (χ2n) is 6.71. The topological polar surface area (TPSA) is 58.2 Å². The van der Waals surface area contributed by atoms with E-state index in [2.05, 4.69) is 10.6 Å². The number of hydrogen-bond acceptors (Lipinski definition) is 2. The number of halogens is 1. The number of rotatable bonds is 5. The molecule has 0 unspecified atom stereocenters. The molecule has 0 atom stereocenters. The van der Waals surface area contributed by atoms with Crippen LogP contribution in [0.2, 0.25) is 5.02 Å². The van der Waals surface area contributed by atoms with Crippen molar-refractivity contribution >= 4 is 29.1 Å². The predicted octanol–water partition coefficient (Wildman–Crippen LogP) is 4.24. The summed E-state index contributed by atoms with van der Waals surface area (Å²) < 4.78 is 0. The third kappa shape index (κ3) is 4.83. The molecular formula is C20H23ClN2O2. The fraction of sp³-hybridized carbons (Fsp3) is 0.300. The van der Waals surface area contributed by atoms with Crippen LogP contribution >= 0.6 is 11.6 Å². The third-order valence-corrected chi connectivity index (χ3v) is 4.34. The summed E-state index contributed by atoms with van der Waals surface area (Å²) in [6.07, 6.45) is 0. The molecule has 0 aliphatic heterocycles. The van der Waals surface area contributed by atoms with Crippen molar-refractivity contribution in [3.8, 4) is 0 Å². The lowest BCUT2D eigenvalue weighted by molar-refractivity contribution is -0.138. The van der Waals surface area contributed by atoms with Gasteiger partial charge in [0.2, 0.25) is 11.8 Å². The zero-order valence-corrected chi connectivity index (χ0v) is 15.7. The summed E-state index contributed by atoms with van der Waals surface area (Å²) in [4.78, 5) is 25.1. The van der Waals surface area contributed by atoms with Gasteiger partial charge in [-0.25, -0.2) is 0 Å². The monoisotopic (exact) mass is 358 g/mol. The number of benzene rings is 2. The van der Waals surface area contributed by atoms with E-state index in [1.807, 2.05) is 38.1 Å². The van der Waals surface area contributed by atoms with Crippen molar-refractivity contribution in [1.82, 2.24) is 5.32 Å². The van der Waals surface area contributed by atoms with Crippen molar-refractivity contribution in [1.29, 1.82) is 0 Å². The van der Waals surface area contributed by atoms with Gasteiger partial charge in [-0.2, -0.15) is 0 Å². The first kappa shape index (κ1) is 19.0. The van der Waals surface area contributed by atoms with Crippen LogP contribution in [0.3, 0.4) is 0 Å². The molecule has 5 heteroatoms. The summed E-state index contributed by atoms with van der Waals surface area (Å²) >= 11 is 5.93. The highest BCUT2D eigenvalue weighted by atomic mass is 35.5. The maximum absolute atomic E-state index is 12.6. The number of hydrogen-bond donors (Lipinski definition) is 2. The second-order valence-corrected chi connectivity index (χ2v) is 7.15. The minimum Gasteiger partial charge on any atom is -0.351 e. The highest BCUT2D eigenvalue weighted by Gasteiger charge is 2.36. The van der Waals surface area contributed by atoms with Crippen LogP contribution in [0.25, 0.3) is 0 Å². The van der Waals surface area contributed by atoms with Crippen LogP contribution in [0.4, 0.5) is 5.69 Å². The highest BCUT2D eigenvalue weighted by molar-refractivity contribution is 6.30. The average Bonchev–Trinajstić information content (AvgIpc) is 2.55. The molecular weight excluding hydrogens is 336 g/mol. The van der Waals surface area contributed by atoms with E-state index >= 15 is 0 Å². The number of nitrogens with one attached hydrogen (secondary N) is 2. The summed E-state index contributed by atoms with van der Waals surface area (Å²) in [5.74, 6) is -0.683. The lowest BCUT2D eigenvalue weighted by atomic mass is 9.90. The van der Waals surface area contributed by atoms with Crippen molar-refractivity contribution in [2.24, 2.45) is 5.41 Å². The van der Waals surface area contributed by atoms with Gasteiger partial charge in [0.1, 0.15) is 5.41 Å². The largest absolute Gasteiger partial charge is 0.351 e. The van der Waals surface area contributed by atoms with Gasteiger partial charge in [0.25, 0.3) is 0 Å². The second kappa shape index (κ2) is 7.70. The van der Waals surface area contributed by atoms with E-state index in [1.165, 1.54) is 0 Å². The normalized spacial score (nSPS) is 11.1. The molecule has 0 saturated carbocycles. The van der Waals surface area contributed by atoms with Crippen molar-refractivity contribution in [2.75, 3.05) is 5.32 Å². The maximum atomic E-state index is 12.6. The first-order valence-corrected chi connectivity index (χ1v) is 8.49. The molecule has 132 valence electrons. The standard InChI is InChI=1S/C20H23ClN2O2/c1-13-6-5-7-15(10-13)12-22-18(24)20(3,4)19(25)23-17-9-8-16(21)11-14(17)2/h5-11H,12H2,1-4H3,(H,22,24)(H,23,25). The molecule has 4 nitrogen and oxygen atoms in total. The van der Waals surface area contributed by atoms with Crippen LogP contribution in [0.1, 0.15) is 30.5 Å². The predicted molar refractivity (Wildman–Crippen MR) is 102 cm³/mol. The zero-order chi connectivity index (χ0) is 18.6. The smallest absolute Gasteiger partial charge is 0.239 e. The summed E-state index contributed by atoms with van der Waals surface area (Å²) in [5.41, 5.74) is 2.42. The van der Waals surface area contributed by atoms with Gasteiger partial charge in [0, 0.05) is 17.3 Å². The summed E-state index contributed by atoms with van der Waals surface area (Å²) in [6, 6.07) is 13.1. The zero-order valence-electron chi connectivity index (χ0n) is 14.9. The summed E-state index contributed by atoms with van der Waals surface area (Å²) in [7, 11) is 0. The van der Waals surface area contributed by atoms with Crippen LogP contribution in [0.15, 0.2) is 42.5 Å². The van der Waals surface area contributed by atoms with Gasteiger partial charge in [-0.05, 0) is 57.0 Å². The van der Waals surface area contributed by atoms with Crippen LogP contribution < -0.4 is 10.6 Å². The molecule has 2 amide bonds. The number of amides is 2. The van der Waals surface area contributed by atoms with Crippen molar-refractivity contribution in [2.45, 2.75) is 34.2 Å². The van der Waals surface area contributed by atoms with Gasteiger partial charge in [0.05, 0.1) is 0 Å². The number of carbonyl (C=O) groups is 2. The Hall–Kier alpha value is -2.33. The van der Waals surface area contributed by atoms with E-state index in [9.17, 15) is 9.59 Å². The Balaban J connectivity index is 2.03. The molecule has 0 bridgehead atoms. The average molecular weight is 359 g/mol. The molecule has 0 aromatic heterocycles. The van der Waals surface area contributed by atoms with E-state index in [-0.39, 0.29) is 11.8 Å². The van der Waals surface area contributed by atoms with Gasteiger partial charge in [-0.3, -0.25) is 9.59 Å². The Bertz CT molecular complexity index is 800. The number of carbonyl (C=O) groups excluding carboxylic acids is 2. The molecule has 0 heterocycles. The van der Waals surface area contributed by atoms with E-state index in [0.29, 0.717) is 17.3 Å². The third-order valence-electron chi connectivity index (χ3n) is 4.11. The van der Waals surface area contributed by atoms with Crippen LogP contribution in [-0.4, -0.2) is 11.8 Å². The number of aryl methyl sites for hydroxylation is 2. The van der Waals surface area contributed by atoms with Gasteiger partial charge >= 0.3 is 0 Å². The van der Waals surface area contributed by atoms with Crippen molar-refractivity contribution < 1.29 is 9.59 Å². The molecule has 0 radical (unpaired) electrons. The van der Waals surface area contributed by atoms with Gasteiger partial charge < -0.3 is 10.6 Å². The Morgan fingerprint density at radius 2 is 1.76 bits per heavy atom. The van der Waals surface area contributed by atoms with E-state index in [0.717, 1.165) is 16.7 Å². The quantitative estimate of drug-likeness (QED) is 0.785. The van der Waals surface area contributed by atoms with Gasteiger partial charge in [0.15, 0.2) is 0 Å². The molecule has 0 spiro atoms. The van der Waals surface area contributed by atoms with Crippen LogP contribution in [-0.2, 0) is 16.1 Å². The highest BCUT2D eigenvalue weighted by Crippen LogP contribution is 2.23. The van der Waals surface area contributed by atoms with Gasteiger partial charge in [-0.1, -0.05) is 41.4 Å². The lowest BCUT2D eigenvalue weighted by Crippen LogP contribution is -2.45. The Morgan fingerprint density at radius 1 is 1.04 bits per heavy atom. The molecule has 2 N–H and O–H groups in total. The molecule has 0 fully saturated rings. The Morgan fingerprint density at radius 3 is 2.40 bits per heavy atom. The lowest BCUT2D eigenvalue weighted by Gasteiger charge is -2.23. The molecule has 0 aliphatic rings.